The van der Waals surface area contributed by atoms with Crippen molar-refractivity contribution in [3.63, 3.8) is 0 Å². The predicted molar refractivity (Wildman–Crippen MR) is 85.7 cm³/mol. The molecule has 118 valence electrons. The van der Waals surface area contributed by atoms with Gasteiger partial charge in [-0.25, -0.2) is 4.39 Å². The fourth-order valence-electron chi connectivity index (χ4n) is 3.33. The highest BCUT2D eigenvalue weighted by atomic mass is 19.1. The molecule has 0 aliphatic carbocycles. The van der Waals surface area contributed by atoms with Gasteiger partial charge < -0.3 is 10.6 Å². The maximum Gasteiger partial charge on any atom is 0.123 e. The van der Waals surface area contributed by atoms with Crippen molar-refractivity contribution in [1.29, 1.82) is 0 Å². The van der Waals surface area contributed by atoms with Crippen LogP contribution < -0.4 is 5.73 Å². The van der Waals surface area contributed by atoms with Crippen molar-refractivity contribution < 1.29 is 4.39 Å². The van der Waals surface area contributed by atoms with Gasteiger partial charge in [-0.2, -0.15) is 0 Å². The molecule has 0 bridgehead atoms. The summed E-state index contributed by atoms with van der Waals surface area (Å²) in [5, 5.41) is 0. The third-order valence-corrected chi connectivity index (χ3v) is 4.72. The van der Waals surface area contributed by atoms with Crippen molar-refractivity contribution >= 4 is 0 Å². The van der Waals surface area contributed by atoms with Crippen LogP contribution in [0, 0.1) is 5.82 Å². The van der Waals surface area contributed by atoms with Gasteiger partial charge in [0.2, 0.25) is 0 Å². The first-order valence-electron chi connectivity index (χ1n) is 7.98. The molecule has 0 amide bonds. The second-order valence-electron chi connectivity index (χ2n) is 6.23. The molecule has 3 unspecified atom stereocenters. The van der Waals surface area contributed by atoms with Gasteiger partial charge >= 0.3 is 0 Å². The van der Waals surface area contributed by atoms with Gasteiger partial charge in [-0.3, -0.25) is 4.90 Å². The number of hydrogen-bond donors (Lipinski definition) is 1. The van der Waals surface area contributed by atoms with Gasteiger partial charge in [0.15, 0.2) is 0 Å². The summed E-state index contributed by atoms with van der Waals surface area (Å²) in [6, 6.07) is 7.32. The van der Waals surface area contributed by atoms with Crippen molar-refractivity contribution in [3.8, 4) is 0 Å². The lowest BCUT2D eigenvalue weighted by atomic mass is 9.98. The normalized spacial score (nSPS) is 24.5. The second-order valence-corrected chi connectivity index (χ2v) is 6.23. The Morgan fingerprint density at radius 1 is 1.29 bits per heavy atom. The Morgan fingerprint density at radius 3 is 2.57 bits per heavy atom. The number of likely N-dealkylation sites (N-methyl/N-ethyl adjacent to an activating group) is 1. The van der Waals surface area contributed by atoms with Crippen molar-refractivity contribution in [2.45, 2.75) is 44.8 Å². The van der Waals surface area contributed by atoms with E-state index >= 15 is 0 Å². The number of rotatable bonds is 4. The lowest BCUT2D eigenvalue weighted by Gasteiger charge is -2.38. The van der Waals surface area contributed by atoms with E-state index in [1.807, 2.05) is 0 Å². The molecular weight excluding hydrogens is 265 g/mol. The highest BCUT2D eigenvalue weighted by Gasteiger charge is 2.29. The van der Waals surface area contributed by atoms with Gasteiger partial charge in [-0.15, -0.1) is 0 Å². The van der Waals surface area contributed by atoms with E-state index in [1.54, 1.807) is 12.1 Å². The minimum Gasteiger partial charge on any atom is -0.323 e. The van der Waals surface area contributed by atoms with Crippen molar-refractivity contribution in [2.75, 3.05) is 26.7 Å². The molecule has 1 aromatic carbocycles. The lowest BCUT2D eigenvalue weighted by molar-refractivity contribution is 0.120. The number of halogens is 1. The third-order valence-electron chi connectivity index (χ3n) is 4.72. The molecule has 3 atom stereocenters. The molecule has 1 heterocycles. The van der Waals surface area contributed by atoms with E-state index in [9.17, 15) is 4.39 Å². The van der Waals surface area contributed by atoms with Crippen LogP contribution in [0.5, 0.6) is 0 Å². The SMILES string of the molecule is CCC1CN(C)CCCN1C(C)C(N)c1ccc(F)cc1. The zero-order chi connectivity index (χ0) is 15.4. The van der Waals surface area contributed by atoms with Crippen LogP contribution in [0.25, 0.3) is 0 Å². The fourth-order valence-corrected chi connectivity index (χ4v) is 3.33. The number of benzene rings is 1. The summed E-state index contributed by atoms with van der Waals surface area (Å²) in [6.45, 7) is 7.76. The van der Waals surface area contributed by atoms with Crippen LogP contribution in [0.4, 0.5) is 4.39 Å². The Kier molecular flexibility index (Phi) is 5.73. The molecule has 2 N–H and O–H groups in total. The largest absolute Gasteiger partial charge is 0.323 e. The first-order chi connectivity index (χ1) is 10.0. The average molecular weight is 293 g/mol. The molecule has 1 aliphatic heterocycles. The van der Waals surface area contributed by atoms with E-state index in [-0.39, 0.29) is 17.9 Å². The molecule has 3 nitrogen and oxygen atoms in total. The Labute approximate surface area is 127 Å². The number of nitrogens with zero attached hydrogens (tertiary/aromatic N) is 2. The molecular formula is C17H28FN3. The minimum atomic E-state index is -0.207. The van der Waals surface area contributed by atoms with Gasteiger partial charge in [0.25, 0.3) is 0 Å². The third kappa shape index (κ3) is 4.02. The van der Waals surface area contributed by atoms with E-state index in [2.05, 4.69) is 30.7 Å². The fraction of sp³-hybridized carbons (Fsp3) is 0.647. The van der Waals surface area contributed by atoms with Crippen LogP contribution in [0.3, 0.4) is 0 Å². The summed E-state index contributed by atoms with van der Waals surface area (Å²) in [7, 11) is 2.19. The maximum atomic E-state index is 13.1. The lowest BCUT2D eigenvalue weighted by Crippen LogP contribution is -2.48. The van der Waals surface area contributed by atoms with Gasteiger partial charge in [0.05, 0.1) is 0 Å². The molecule has 0 saturated carbocycles. The Morgan fingerprint density at radius 2 is 1.95 bits per heavy atom. The molecule has 2 rings (SSSR count). The predicted octanol–water partition coefficient (Wildman–Crippen LogP) is 2.63. The van der Waals surface area contributed by atoms with Crippen LogP contribution >= 0.6 is 0 Å². The Bertz CT molecular complexity index is 434. The monoisotopic (exact) mass is 293 g/mol. The quantitative estimate of drug-likeness (QED) is 0.926. The Hall–Kier alpha value is -0.970. The molecule has 0 aromatic heterocycles. The first kappa shape index (κ1) is 16.4. The van der Waals surface area contributed by atoms with Gasteiger partial charge in [0, 0.05) is 31.2 Å². The summed E-state index contributed by atoms with van der Waals surface area (Å²) in [6.07, 6.45) is 2.30. The van der Waals surface area contributed by atoms with Crippen LogP contribution in [0.2, 0.25) is 0 Å². The summed E-state index contributed by atoms with van der Waals surface area (Å²) < 4.78 is 13.1. The van der Waals surface area contributed by atoms with E-state index < -0.39 is 0 Å². The first-order valence-corrected chi connectivity index (χ1v) is 7.98. The zero-order valence-corrected chi connectivity index (χ0v) is 13.4. The van der Waals surface area contributed by atoms with E-state index in [4.69, 9.17) is 5.73 Å². The van der Waals surface area contributed by atoms with Crippen molar-refractivity contribution in [1.82, 2.24) is 9.80 Å². The standard InChI is InChI=1S/C17H28FN3/c1-4-16-12-20(3)10-5-11-21(16)13(2)17(19)14-6-8-15(18)9-7-14/h6-9,13,16-17H,4-5,10-12,19H2,1-3H3. The minimum absolute atomic E-state index is 0.0805. The highest BCUT2D eigenvalue weighted by Crippen LogP contribution is 2.23. The smallest absolute Gasteiger partial charge is 0.123 e. The van der Waals surface area contributed by atoms with Crippen molar-refractivity contribution in [2.24, 2.45) is 5.73 Å². The van der Waals surface area contributed by atoms with Gasteiger partial charge in [-0.1, -0.05) is 19.1 Å². The summed E-state index contributed by atoms with van der Waals surface area (Å²) in [5.74, 6) is -0.207. The summed E-state index contributed by atoms with van der Waals surface area (Å²) >= 11 is 0. The number of hydrogen-bond acceptors (Lipinski definition) is 3. The van der Waals surface area contributed by atoms with Crippen molar-refractivity contribution in [3.05, 3.63) is 35.6 Å². The van der Waals surface area contributed by atoms with Gasteiger partial charge in [-0.05, 0) is 51.1 Å². The van der Waals surface area contributed by atoms with E-state index in [0.717, 1.165) is 31.6 Å². The van der Waals surface area contributed by atoms with Crippen LogP contribution in [0.15, 0.2) is 24.3 Å². The molecule has 0 spiro atoms. The van der Waals surface area contributed by atoms with E-state index in [0.29, 0.717) is 6.04 Å². The molecule has 1 aromatic rings. The van der Waals surface area contributed by atoms with Crippen LogP contribution in [-0.4, -0.2) is 48.6 Å². The molecule has 1 fully saturated rings. The maximum absolute atomic E-state index is 13.1. The average Bonchev–Trinajstić information content (AvgIpc) is 2.67. The number of nitrogens with two attached hydrogens (primary N) is 1. The Balaban J connectivity index is 2.12. The van der Waals surface area contributed by atoms with Gasteiger partial charge in [0.1, 0.15) is 5.82 Å². The molecule has 21 heavy (non-hydrogen) atoms. The molecule has 1 aliphatic rings. The summed E-state index contributed by atoms with van der Waals surface area (Å²) in [4.78, 5) is 4.95. The van der Waals surface area contributed by atoms with Crippen LogP contribution in [-0.2, 0) is 0 Å². The van der Waals surface area contributed by atoms with E-state index in [1.165, 1.54) is 18.6 Å². The topological polar surface area (TPSA) is 32.5 Å². The molecule has 0 radical (unpaired) electrons. The molecule has 1 saturated heterocycles. The van der Waals surface area contributed by atoms with Crippen LogP contribution in [0.1, 0.15) is 38.3 Å². The zero-order valence-electron chi connectivity index (χ0n) is 13.4. The highest BCUT2D eigenvalue weighted by molar-refractivity contribution is 5.21. The molecule has 4 heteroatoms. The summed E-state index contributed by atoms with van der Waals surface area (Å²) in [5.41, 5.74) is 7.45. The second kappa shape index (κ2) is 7.34.